The Hall–Kier alpha value is -2.95. The Kier molecular flexibility index (Phi) is 4.31. The summed E-state index contributed by atoms with van der Waals surface area (Å²) in [5.74, 6) is 0.893. The number of halogens is 3. The number of hydrogen-bond donors (Lipinski definition) is 2. The lowest BCUT2D eigenvalue weighted by Crippen LogP contribution is -2.25. The number of aliphatic imine (C=N–C) groups is 1. The molecule has 2 rings (SSSR count). The largest absolute Gasteiger partial charge is 0.478 e. The fraction of sp³-hybridized carbons (Fsp3) is 0.200. The van der Waals surface area contributed by atoms with Crippen LogP contribution in [0.3, 0.4) is 0 Å². The number of alkyl halides is 3. The maximum absolute atomic E-state index is 13.0. The van der Waals surface area contributed by atoms with Gasteiger partial charge in [-0.25, -0.2) is 4.79 Å². The van der Waals surface area contributed by atoms with Gasteiger partial charge in [-0.2, -0.15) is 13.2 Å². The lowest BCUT2D eigenvalue weighted by molar-refractivity contribution is -0.138. The second-order valence-electron chi connectivity index (χ2n) is 4.70. The Morgan fingerprint density at radius 3 is 2.74 bits per heavy atom. The van der Waals surface area contributed by atoms with E-state index in [1.807, 2.05) is 0 Å². The summed E-state index contributed by atoms with van der Waals surface area (Å²) in [6, 6.07) is -0.346. The Morgan fingerprint density at radius 1 is 1.52 bits per heavy atom. The van der Waals surface area contributed by atoms with Crippen LogP contribution in [0.15, 0.2) is 35.1 Å². The van der Waals surface area contributed by atoms with Gasteiger partial charge in [0, 0.05) is 18.0 Å². The molecule has 0 spiro atoms. The third-order valence-corrected chi connectivity index (χ3v) is 3.20. The van der Waals surface area contributed by atoms with Crippen molar-refractivity contribution in [3.8, 4) is 12.3 Å². The molecule has 0 saturated heterocycles. The number of nitrogens with one attached hydrogen (secondary N) is 1. The molecule has 23 heavy (non-hydrogen) atoms. The fourth-order valence-corrected chi connectivity index (χ4v) is 2.13. The van der Waals surface area contributed by atoms with Gasteiger partial charge in [-0.05, 0) is 19.1 Å². The van der Waals surface area contributed by atoms with E-state index < -0.39 is 23.3 Å². The summed E-state index contributed by atoms with van der Waals surface area (Å²) in [6.07, 6.45) is 6.27. The van der Waals surface area contributed by atoms with Gasteiger partial charge in [-0.3, -0.25) is 4.99 Å². The number of hydrogen-bond acceptors (Lipinski definition) is 3. The number of carboxylic acids is 1. The first-order chi connectivity index (χ1) is 10.8. The fourth-order valence-electron chi connectivity index (χ4n) is 2.13. The number of aromatic nitrogens is 1. The van der Waals surface area contributed by atoms with Gasteiger partial charge in [0.25, 0.3) is 0 Å². The summed E-state index contributed by atoms with van der Waals surface area (Å²) >= 11 is 0. The van der Waals surface area contributed by atoms with Crippen molar-refractivity contribution in [2.75, 3.05) is 0 Å². The molecular formula is C15H12F3N3O2. The summed E-state index contributed by atoms with van der Waals surface area (Å²) < 4.78 is 40.0. The van der Waals surface area contributed by atoms with Crippen LogP contribution in [0, 0.1) is 12.3 Å². The van der Waals surface area contributed by atoms with E-state index in [0.29, 0.717) is 5.57 Å². The van der Waals surface area contributed by atoms with E-state index in [1.54, 1.807) is 6.92 Å². The molecule has 120 valence electrons. The summed E-state index contributed by atoms with van der Waals surface area (Å²) in [6.45, 7) is 1.74. The molecule has 1 aromatic rings. The standard InChI is InChI=1S/C15H12F3N3O2/c1-3-4-5-10-9(2)19-8-20-13(10)21-6-11(14(22)23)12(7-21)15(16,17)18/h1,4-9H,2H3,(H,19,20)(H,22,23)/b5-4-. The zero-order valence-electron chi connectivity index (χ0n) is 11.9. The first-order valence-electron chi connectivity index (χ1n) is 6.43. The number of aromatic carboxylic acids is 1. The normalized spacial score (nSPS) is 18.1. The van der Waals surface area contributed by atoms with E-state index >= 15 is 0 Å². The van der Waals surface area contributed by atoms with Gasteiger partial charge in [-0.1, -0.05) is 5.92 Å². The second kappa shape index (κ2) is 6.04. The van der Waals surface area contributed by atoms with E-state index in [0.717, 1.165) is 17.0 Å². The number of allylic oxidation sites excluding steroid dienone is 1. The highest BCUT2D eigenvalue weighted by atomic mass is 19.4. The molecule has 2 heterocycles. The summed E-state index contributed by atoms with van der Waals surface area (Å²) in [5, 5.41) is 11.7. The molecule has 0 amide bonds. The molecule has 5 nitrogen and oxygen atoms in total. The van der Waals surface area contributed by atoms with Gasteiger partial charge >= 0.3 is 12.1 Å². The van der Waals surface area contributed by atoms with E-state index in [-0.39, 0.29) is 11.9 Å². The summed E-state index contributed by atoms with van der Waals surface area (Å²) in [5.41, 5.74) is -1.52. The van der Waals surface area contributed by atoms with Crippen molar-refractivity contribution in [3.63, 3.8) is 0 Å². The van der Waals surface area contributed by atoms with Crippen LogP contribution in [-0.4, -0.2) is 28.0 Å². The number of nitrogens with zero attached hydrogens (tertiary/aromatic N) is 2. The van der Waals surface area contributed by atoms with E-state index in [4.69, 9.17) is 11.5 Å². The highest BCUT2D eigenvalue weighted by Crippen LogP contribution is 2.34. The van der Waals surface area contributed by atoms with Crippen molar-refractivity contribution in [2.45, 2.75) is 19.1 Å². The number of carboxylic acid groups (broad SMARTS) is 1. The maximum atomic E-state index is 13.0. The third-order valence-electron chi connectivity index (χ3n) is 3.20. The lowest BCUT2D eigenvalue weighted by atomic mass is 10.1. The molecule has 0 saturated carbocycles. The molecule has 0 aromatic carbocycles. The lowest BCUT2D eigenvalue weighted by Gasteiger charge is -2.20. The molecule has 0 fully saturated rings. The average molecular weight is 323 g/mol. The van der Waals surface area contributed by atoms with Crippen LogP contribution < -0.4 is 5.32 Å². The summed E-state index contributed by atoms with van der Waals surface area (Å²) in [7, 11) is 0. The Bertz CT molecular complexity index is 764. The Morgan fingerprint density at radius 2 is 2.22 bits per heavy atom. The van der Waals surface area contributed by atoms with Crippen LogP contribution >= 0.6 is 0 Å². The van der Waals surface area contributed by atoms with Crippen LogP contribution in [0.25, 0.3) is 5.82 Å². The van der Waals surface area contributed by atoms with Gasteiger partial charge in [0.2, 0.25) is 0 Å². The van der Waals surface area contributed by atoms with Crippen molar-refractivity contribution in [2.24, 2.45) is 4.99 Å². The molecule has 2 N–H and O–H groups in total. The molecule has 1 aromatic heterocycles. The van der Waals surface area contributed by atoms with Crippen molar-refractivity contribution in [3.05, 3.63) is 41.2 Å². The number of rotatable bonds is 3. The Balaban J connectivity index is 2.62. The zero-order valence-corrected chi connectivity index (χ0v) is 11.9. The molecule has 1 aliphatic heterocycles. The van der Waals surface area contributed by atoms with Crippen LogP contribution in [0.2, 0.25) is 0 Å². The van der Waals surface area contributed by atoms with Gasteiger partial charge in [0.15, 0.2) is 0 Å². The van der Waals surface area contributed by atoms with Gasteiger partial charge in [0.1, 0.15) is 5.82 Å². The van der Waals surface area contributed by atoms with Crippen molar-refractivity contribution in [1.29, 1.82) is 0 Å². The molecule has 1 unspecified atom stereocenters. The predicted octanol–water partition coefficient (Wildman–Crippen LogP) is 2.58. The quantitative estimate of drug-likeness (QED) is 0.840. The van der Waals surface area contributed by atoms with Crippen LogP contribution in [-0.2, 0) is 6.18 Å². The van der Waals surface area contributed by atoms with E-state index in [9.17, 15) is 18.0 Å². The molecule has 0 radical (unpaired) electrons. The minimum absolute atomic E-state index is 0.261. The smallest absolute Gasteiger partial charge is 0.418 e. The van der Waals surface area contributed by atoms with Gasteiger partial charge in [0.05, 0.1) is 23.5 Å². The third kappa shape index (κ3) is 3.29. The molecule has 0 aliphatic carbocycles. The highest BCUT2D eigenvalue weighted by molar-refractivity contribution is 5.90. The zero-order chi connectivity index (χ0) is 17.2. The van der Waals surface area contributed by atoms with Gasteiger partial charge in [-0.15, -0.1) is 6.42 Å². The highest BCUT2D eigenvalue weighted by Gasteiger charge is 2.37. The molecular weight excluding hydrogens is 311 g/mol. The predicted molar refractivity (Wildman–Crippen MR) is 78.7 cm³/mol. The first-order valence-corrected chi connectivity index (χ1v) is 6.43. The monoisotopic (exact) mass is 323 g/mol. The number of terminal acetylenes is 1. The summed E-state index contributed by atoms with van der Waals surface area (Å²) in [4.78, 5) is 15.2. The molecule has 1 atom stereocenters. The first kappa shape index (κ1) is 16.4. The molecule has 0 bridgehead atoms. The van der Waals surface area contributed by atoms with Gasteiger partial charge < -0.3 is 15.0 Å². The van der Waals surface area contributed by atoms with Crippen LogP contribution in [0.1, 0.15) is 22.8 Å². The maximum Gasteiger partial charge on any atom is 0.418 e. The van der Waals surface area contributed by atoms with Crippen molar-refractivity contribution in [1.82, 2.24) is 9.88 Å². The molecule has 1 aliphatic rings. The van der Waals surface area contributed by atoms with E-state index in [2.05, 4.69) is 16.2 Å². The topological polar surface area (TPSA) is 66.6 Å². The molecule has 8 heteroatoms. The second-order valence-corrected chi connectivity index (χ2v) is 4.70. The van der Waals surface area contributed by atoms with Crippen LogP contribution in [0.4, 0.5) is 13.2 Å². The van der Waals surface area contributed by atoms with E-state index in [1.165, 1.54) is 18.5 Å². The average Bonchev–Trinajstić information content (AvgIpc) is 2.91. The minimum atomic E-state index is -4.78. The minimum Gasteiger partial charge on any atom is -0.478 e. The Labute approximate surface area is 129 Å². The van der Waals surface area contributed by atoms with Crippen molar-refractivity contribution >= 4 is 18.1 Å². The van der Waals surface area contributed by atoms with Crippen molar-refractivity contribution < 1.29 is 23.1 Å². The SMILES string of the molecule is C#C/C=C\C1=C(n2cc(C(=O)O)c(C(F)(F)F)c2)NC=NC1C. The number of carbonyl (C=O) groups is 1. The van der Waals surface area contributed by atoms with Crippen LogP contribution in [0.5, 0.6) is 0 Å².